The number of carbonyl (C=O) groups excluding carboxylic acids is 2. The fourth-order valence-corrected chi connectivity index (χ4v) is 4.95. The van der Waals surface area contributed by atoms with Crippen LogP contribution in [0.25, 0.3) is 0 Å². The first-order valence-electron chi connectivity index (χ1n) is 9.65. The van der Waals surface area contributed by atoms with Gasteiger partial charge in [-0.15, -0.1) is 0 Å². The monoisotopic (exact) mass is 433 g/mol. The molecule has 2 aromatic rings. The Morgan fingerprint density at radius 1 is 1.17 bits per heavy atom. The summed E-state index contributed by atoms with van der Waals surface area (Å²) in [4.78, 5) is 24.4. The maximum atomic E-state index is 13.1. The molecule has 2 amide bonds. The number of nitrogens with zero attached hydrogens (tertiary/aromatic N) is 1. The van der Waals surface area contributed by atoms with Crippen molar-refractivity contribution in [3.63, 3.8) is 0 Å². The predicted octanol–water partition coefficient (Wildman–Crippen LogP) is 1.90. The Morgan fingerprint density at radius 3 is 2.60 bits per heavy atom. The molecule has 1 saturated heterocycles. The van der Waals surface area contributed by atoms with Gasteiger partial charge in [-0.1, -0.05) is 12.1 Å². The van der Waals surface area contributed by atoms with Crippen molar-refractivity contribution in [1.82, 2.24) is 14.9 Å². The third-order valence-electron chi connectivity index (χ3n) is 5.09. The summed E-state index contributed by atoms with van der Waals surface area (Å²) in [6.45, 7) is 0.631. The zero-order valence-electron chi connectivity index (χ0n) is 16.6. The first-order valence-corrected chi connectivity index (χ1v) is 11.1. The first-order chi connectivity index (χ1) is 14.3. The molecule has 1 heterocycles. The minimum Gasteiger partial charge on any atom is -0.355 e. The van der Waals surface area contributed by atoms with Gasteiger partial charge in [0.05, 0.1) is 10.8 Å². The summed E-state index contributed by atoms with van der Waals surface area (Å²) in [5, 5.41) is 5.38. The second-order valence-electron chi connectivity index (χ2n) is 7.15. The van der Waals surface area contributed by atoms with Gasteiger partial charge >= 0.3 is 0 Å². The van der Waals surface area contributed by atoms with E-state index < -0.39 is 21.8 Å². The van der Waals surface area contributed by atoms with E-state index in [1.165, 1.54) is 16.4 Å². The molecule has 2 N–H and O–H groups in total. The van der Waals surface area contributed by atoms with Crippen LogP contribution in [0.3, 0.4) is 0 Å². The lowest BCUT2D eigenvalue weighted by Gasteiger charge is -2.31. The highest BCUT2D eigenvalue weighted by atomic mass is 32.2. The maximum Gasteiger partial charge on any atom is 0.251 e. The molecule has 9 heteroatoms. The SMILES string of the molecule is CNC(=O)c1cccc(CNC(=O)C2CCCN(S(=O)(=O)c3ccc(F)cc3)C2)c1. The highest BCUT2D eigenvalue weighted by Crippen LogP contribution is 2.24. The lowest BCUT2D eigenvalue weighted by Crippen LogP contribution is -2.45. The molecule has 0 saturated carbocycles. The van der Waals surface area contributed by atoms with Crippen molar-refractivity contribution in [1.29, 1.82) is 0 Å². The van der Waals surface area contributed by atoms with Crippen LogP contribution in [0.1, 0.15) is 28.8 Å². The summed E-state index contributed by atoms with van der Waals surface area (Å²) < 4.78 is 40.0. The third kappa shape index (κ3) is 5.03. The van der Waals surface area contributed by atoms with Gasteiger partial charge in [0.1, 0.15) is 5.82 Å². The highest BCUT2D eigenvalue weighted by molar-refractivity contribution is 7.89. The number of rotatable bonds is 6. The fourth-order valence-electron chi connectivity index (χ4n) is 3.43. The summed E-state index contributed by atoms with van der Waals surface area (Å²) in [5.74, 6) is -1.43. The molecule has 0 spiro atoms. The number of hydrogen-bond acceptors (Lipinski definition) is 4. The highest BCUT2D eigenvalue weighted by Gasteiger charge is 2.33. The largest absolute Gasteiger partial charge is 0.355 e. The third-order valence-corrected chi connectivity index (χ3v) is 6.97. The number of sulfonamides is 1. The summed E-state index contributed by atoms with van der Waals surface area (Å²) in [6, 6.07) is 11.6. The molecule has 0 radical (unpaired) electrons. The first kappa shape index (κ1) is 21.9. The van der Waals surface area contributed by atoms with Crippen LogP contribution in [0.2, 0.25) is 0 Å². The van der Waals surface area contributed by atoms with Crippen LogP contribution in [0.15, 0.2) is 53.4 Å². The van der Waals surface area contributed by atoms with Crippen molar-refractivity contribution in [3.05, 3.63) is 65.5 Å². The maximum absolute atomic E-state index is 13.1. The van der Waals surface area contributed by atoms with Crippen molar-refractivity contribution in [3.8, 4) is 0 Å². The topological polar surface area (TPSA) is 95.6 Å². The molecule has 1 aliphatic heterocycles. The van der Waals surface area contributed by atoms with Gasteiger partial charge in [-0.2, -0.15) is 4.31 Å². The zero-order valence-corrected chi connectivity index (χ0v) is 17.4. The second-order valence-corrected chi connectivity index (χ2v) is 9.09. The van der Waals surface area contributed by atoms with Crippen LogP contribution in [-0.2, 0) is 21.4 Å². The van der Waals surface area contributed by atoms with E-state index in [0.29, 0.717) is 24.9 Å². The van der Waals surface area contributed by atoms with Crippen LogP contribution in [-0.4, -0.2) is 44.7 Å². The molecule has 1 aliphatic rings. The lowest BCUT2D eigenvalue weighted by molar-refractivity contribution is -0.126. The molecular formula is C21H24FN3O4S. The Bertz CT molecular complexity index is 1020. The van der Waals surface area contributed by atoms with Crippen molar-refractivity contribution in [2.24, 2.45) is 5.92 Å². The van der Waals surface area contributed by atoms with Crippen LogP contribution < -0.4 is 10.6 Å². The Balaban J connectivity index is 1.63. The molecule has 1 unspecified atom stereocenters. The van der Waals surface area contributed by atoms with Gasteiger partial charge in [0, 0.05) is 32.2 Å². The molecule has 7 nitrogen and oxygen atoms in total. The Kier molecular flexibility index (Phi) is 6.84. The van der Waals surface area contributed by atoms with Gasteiger partial charge in [0.2, 0.25) is 15.9 Å². The molecule has 1 fully saturated rings. The van der Waals surface area contributed by atoms with E-state index in [1.54, 1.807) is 31.3 Å². The molecule has 2 aromatic carbocycles. The average molecular weight is 434 g/mol. The number of piperidine rings is 1. The van der Waals surface area contributed by atoms with Crippen LogP contribution >= 0.6 is 0 Å². The van der Waals surface area contributed by atoms with Gasteiger partial charge in [-0.05, 0) is 54.8 Å². The average Bonchev–Trinajstić information content (AvgIpc) is 2.77. The summed E-state index contributed by atoms with van der Waals surface area (Å²) in [5.41, 5.74) is 1.27. The number of hydrogen-bond donors (Lipinski definition) is 2. The quantitative estimate of drug-likeness (QED) is 0.727. The van der Waals surface area contributed by atoms with Crippen molar-refractivity contribution >= 4 is 21.8 Å². The van der Waals surface area contributed by atoms with Crippen molar-refractivity contribution < 1.29 is 22.4 Å². The second kappa shape index (κ2) is 9.36. The zero-order chi connectivity index (χ0) is 21.7. The van der Waals surface area contributed by atoms with E-state index in [9.17, 15) is 22.4 Å². The van der Waals surface area contributed by atoms with Gasteiger partial charge in [-0.3, -0.25) is 9.59 Å². The standard InChI is InChI=1S/C21H24FN3O4S/c1-23-20(26)16-5-2-4-15(12-16)13-24-21(27)17-6-3-11-25(14-17)30(28,29)19-9-7-18(22)8-10-19/h2,4-5,7-10,12,17H,3,6,11,13-14H2,1H3,(H,23,26)(H,24,27). The van der Waals surface area contributed by atoms with E-state index in [4.69, 9.17) is 0 Å². The predicted molar refractivity (Wildman–Crippen MR) is 110 cm³/mol. The number of halogens is 1. The molecular weight excluding hydrogens is 409 g/mol. The van der Waals surface area contributed by atoms with Gasteiger partial charge in [0.15, 0.2) is 0 Å². The van der Waals surface area contributed by atoms with Crippen LogP contribution in [0.5, 0.6) is 0 Å². The molecule has 160 valence electrons. The fraction of sp³-hybridized carbons (Fsp3) is 0.333. The Morgan fingerprint density at radius 2 is 1.90 bits per heavy atom. The summed E-state index contributed by atoms with van der Waals surface area (Å²) in [6.07, 6.45) is 1.14. The normalized spacial score (nSPS) is 17.3. The van der Waals surface area contributed by atoms with Gasteiger partial charge < -0.3 is 10.6 Å². The van der Waals surface area contributed by atoms with E-state index in [0.717, 1.165) is 17.7 Å². The lowest BCUT2D eigenvalue weighted by atomic mass is 9.98. The van der Waals surface area contributed by atoms with Crippen molar-refractivity contribution in [2.75, 3.05) is 20.1 Å². The number of benzene rings is 2. The molecule has 0 bridgehead atoms. The van der Waals surface area contributed by atoms with Crippen molar-refractivity contribution in [2.45, 2.75) is 24.3 Å². The van der Waals surface area contributed by atoms with Gasteiger partial charge in [0.25, 0.3) is 5.91 Å². The van der Waals surface area contributed by atoms with E-state index in [-0.39, 0.29) is 29.8 Å². The number of nitrogens with one attached hydrogen (secondary N) is 2. The summed E-state index contributed by atoms with van der Waals surface area (Å²) in [7, 11) is -2.24. The van der Waals surface area contributed by atoms with E-state index in [2.05, 4.69) is 10.6 Å². The van der Waals surface area contributed by atoms with Gasteiger partial charge in [-0.25, -0.2) is 12.8 Å². The molecule has 0 aliphatic carbocycles. The summed E-state index contributed by atoms with van der Waals surface area (Å²) >= 11 is 0. The Labute approximate surface area is 175 Å². The van der Waals surface area contributed by atoms with Crippen LogP contribution in [0.4, 0.5) is 4.39 Å². The molecule has 0 aromatic heterocycles. The Hall–Kier alpha value is -2.78. The molecule has 3 rings (SSSR count). The minimum absolute atomic E-state index is 0.0102. The number of amides is 2. The minimum atomic E-state index is -3.79. The van der Waals surface area contributed by atoms with E-state index >= 15 is 0 Å². The molecule has 30 heavy (non-hydrogen) atoms. The van der Waals surface area contributed by atoms with E-state index in [1.807, 2.05) is 0 Å². The van der Waals surface area contributed by atoms with Crippen LogP contribution in [0, 0.1) is 11.7 Å². The number of carbonyl (C=O) groups is 2. The smallest absolute Gasteiger partial charge is 0.251 e. The molecule has 1 atom stereocenters.